The normalized spacial score (nSPS) is 11.6. The largest absolute Gasteiger partial charge is 0.378 e. The van der Waals surface area contributed by atoms with Gasteiger partial charge in [0.2, 0.25) is 5.91 Å². The van der Waals surface area contributed by atoms with Crippen LogP contribution in [0.2, 0.25) is 0 Å². The number of nitro groups is 1. The lowest BCUT2D eigenvalue weighted by Gasteiger charge is -2.22. The molecule has 2 rings (SSSR count). The van der Waals surface area contributed by atoms with E-state index in [0.717, 1.165) is 5.56 Å². The van der Waals surface area contributed by atoms with E-state index in [9.17, 15) is 19.7 Å². The molecule has 3 N–H and O–H groups in total. The van der Waals surface area contributed by atoms with Crippen molar-refractivity contribution in [2.45, 2.75) is 26.8 Å². The Morgan fingerprint density at radius 2 is 1.69 bits per heavy atom. The minimum absolute atomic E-state index is 0.0238. The highest BCUT2D eigenvalue weighted by Gasteiger charge is 2.24. The molecule has 0 spiro atoms. The minimum atomic E-state index is -0.685. The van der Waals surface area contributed by atoms with E-state index in [1.165, 1.54) is 6.07 Å². The molecule has 0 aromatic heterocycles. The minimum Gasteiger partial charge on any atom is -0.378 e. The third-order valence-electron chi connectivity index (χ3n) is 4.39. The fourth-order valence-electron chi connectivity index (χ4n) is 2.74. The number of rotatable bonds is 9. The second kappa shape index (κ2) is 10.2. The van der Waals surface area contributed by atoms with Crippen molar-refractivity contribution in [3.05, 3.63) is 69.8 Å². The first-order chi connectivity index (χ1) is 13.8. The van der Waals surface area contributed by atoms with E-state index in [4.69, 9.17) is 0 Å². The molecular weight excluding hydrogens is 372 g/mol. The van der Waals surface area contributed by atoms with Crippen LogP contribution < -0.4 is 16.0 Å². The van der Waals surface area contributed by atoms with Crippen LogP contribution in [-0.2, 0) is 4.79 Å². The van der Waals surface area contributed by atoms with E-state index < -0.39 is 11.0 Å². The average molecular weight is 398 g/mol. The van der Waals surface area contributed by atoms with Gasteiger partial charge in [-0.2, -0.15) is 0 Å². The molecule has 8 heteroatoms. The second-order valence-corrected chi connectivity index (χ2v) is 7.05. The van der Waals surface area contributed by atoms with Crippen LogP contribution in [0, 0.1) is 23.0 Å². The highest BCUT2D eigenvalue weighted by atomic mass is 16.6. The van der Waals surface area contributed by atoms with E-state index >= 15 is 0 Å². The van der Waals surface area contributed by atoms with Crippen LogP contribution in [-0.4, -0.2) is 35.9 Å². The number of benzene rings is 2. The molecule has 2 aromatic carbocycles. The molecule has 2 aromatic rings. The van der Waals surface area contributed by atoms with E-state index in [1.807, 2.05) is 32.9 Å². The predicted octanol–water partition coefficient (Wildman–Crippen LogP) is 2.89. The summed E-state index contributed by atoms with van der Waals surface area (Å²) in [5.41, 5.74) is 1.90. The van der Waals surface area contributed by atoms with Crippen LogP contribution in [0.4, 0.5) is 11.4 Å². The fourth-order valence-corrected chi connectivity index (χ4v) is 2.74. The third kappa shape index (κ3) is 6.31. The summed E-state index contributed by atoms with van der Waals surface area (Å²) in [6.45, 7) is 6.21. The van der Waals surface area contributed by atoms with Gasteiger partial charge in [-0.3, -0.25) is 19.7 Å². The molecule has 0 aliphatic rings. The third-order valence-corrected chi connectivity index (χ3v) is 4.39. The van der Waals surface area contributed by atoms with Crippen molar-refractivity contribution >= 4 is 23.2 Å². The molecule has 0 fully saturated rings. The lowest BCUT2D eigenvalue weighted by Crippen LogP contribution is -2.50. The maximum absolute atomic E-state index is 12.5. The molecule has 2 amide bonds. The van der Waals surface area contributed by atoms with Gasteiger partial charge in [-0.15, -0.1) is 0 Å². The monoisotopic (exact) mass is 398 g/mol. The number of nitrogens with one attached hydrogen (secondary N) is 3. The van der Waals surface area contributed by atoms with Gasteiger partial charge < -0.3 is 16.0 Å². The Kier molecular flexibility index (Phi) is 7.70. The molecule has 8 nitrogen and oxygen atoms in total. The Balaban J connectivity index is 1.89. The zero-order chi connectivity index (χ0) is 21.4. The first-order valence-corrected chi connectivity index (χ1v) is 9.42. The number of nitro benzene ring substituents is 1. The summed E-state index contributed by atoms with van der Waals surface area (Å²) in [7, 11) is 0. The number of hydrogen-bond donors (Lipinski definition) is 3. The van der Waals surface area contributed by atoms with Crippen molar-refractivity contribution in [1.82, 2.24) is 10.6 Å². The van der Waals surface area contributed by atoms with Gasteiger partial charge in [0.05, 0.1) is 4.92 Å². The molecule has 0 aliphatic heterocycles. The molecule has 1 atom stereocenters. The molecule has 0 aliphatic carbocycles. The molecule has 0 radical (unpaired) electrons. The van der Waals surface area contributed by atoms with E-state index in [2.05, 4.69) is 16.0 Å². The Labute approximate surface area is 169 Å². The standard InChI is InChI=1S/C21H26N4O4/c1-14(2)19(24-20(26)16-10-8-15(3)9-11-16)21(27)23-13-12-22-17-6-4-5-7-18(17)25(28)29/h4-11,14,19,22H,12-13H2,1-3H3,(H,23,27)(H,24,26)/t19-/m0/s1. The zero-order valence-electron chi connectivity index (χ0n) is 16.8. The van der Waals surface area contributed by atoms with Crippen molar-refractivity contribution in [2.24, 2.45) is 5.92 Å². The lowest BCUT2D eigenvalue weighted by atomic mass is 10.0. The van der Waals surface area contributed by atoms with Gasteiger partial charge in [0.25, 0.3) is 11.6 Å². The highest BCUT2D eigenvalue weighted by Crippen LogP contribution is 2.22. The first kappa shape index (κ1) is 21.9. The molecule has 29 heavy (non-hydrogen) atoms. The number of hydrogen-bond acceptors (Lipinski definition) is 5. The van der Waals surface area contributed by atoms with Crippen molar-refractivity contribution in [1.29, 1.82) is 0 Å². The smallest absolute Gasteiger partial charge is 0.292 e. The molecule has 154 valence electrons. The summed E-state index contributed by atoms with van der Waals surface area (Å²) in [6, 6.07) is 12.7. The lowest BCUT2D eigenvalue weighted by molar-refractivity contribution is -0.384. The topological polar surface area (TPSA) is 113 Å². The van der Waals surface area contributed by atoms with Crippen molar-refractivity contribution < 1.29 is 14.5 Å². The molecule has 0 heterocycles. The van der Waals surface area contributed by atoms with E-state index in [0.29, 0.717) is 17.8 Å². The number of nitrogens with zero attached hydrogens (tertiary/aromatic N) is 1. The van der Waals surface area contributed by atoms with Crippen molar-refractivity contribution in [3.63, 3.8) is 0 Å². The summed E-state index contributed by atoms with van der Waals surface area (Å²) in [6.07, 6.45) is 0. The summed E-state index contributed by atoms with van der Waals surface area (Å²) in [4.78, 5) is 35.5. The Morgan fingerprint density at radius 1 is 1.03 bits per heavy atom. The van der Waals surface area contributed by atoms with Gasteiger partial charge in [0, 0.05) is 24.7 Å². The Morgan fingerprint density at radius 3 is 2.31 bits per heavy atom. The Hall–Kier alpha value is -3.42. The fraction of sp³-hybridized carbons (Fsp3) is 0.333. The van der Waals surface area contributed by atoms with Crippen LogP contribution in [0.15, 0.2) is 48.5 Å². The van der Waals surface area contributed by atoms with Crippen LogP contribution in [0.3, 0.4) is 0 Å². The average Bonchev–Trinajstić information content (AvgIpc) is 2.69. The van der Waals surface area contributed by atoms with Crippen LogP contribution in [0.25, 0.3) is 0 Å². The number of carbonyl (C=O) groups excluding carboxylic acids is 2. The summed E-state index contributed by atoms with van der Waals surface area (Å²) < 4.78 is 0. The van der Waals surface area contributed by atoms with Gasteiger partial charge in [-0.25, -0.2) is 0 Å². The highest BCUT2D eigenvalue weighted by molar-refractivity contribution is 5.97. The molecule has 0 unspecified atom stereocenters. The number of carbonyl (C=O) groups is 2. The number of anilines is 1. The van der Waals surface area contributed by atoms with E-state index in [1.54, 1.807) is 30.3 Å². The Bertz CT molecular complexity index is 865. The maximum atomic E-state index is 12.5. The van der Waals surface area contributed by atoms with Crippen LogP contribution in [0.1, 0.15) is 29.8 Å². The van der Waals surface area contributed by atoms with Gasteiger partial charge >= 0.3 is 0 Å². The summed E-state index contributed by atoms with van der Waals surface area (Å²) >= 11 is 0. The molecule has 0 bridgehead atoms. The second-order valence-electron chi connectivity index (χ2n) is 7.05. The molecular formula is C21H26N4O4. The van der Waals surface area contributed by atoms with E-state index in [-0.39, 0.29) is 30.0 Å². The number of aryl methyl sites for hydroxylation is 1. The summed E-state index contributed by atoms with van der Waals surface area (Å²) in [5.74, 6) is -0.714. The van der Waals surface area contributed by atoms with Gasteiger partial charge in [0.1, 0.15) is 11.7 Å². The number of amides is 2. The van der Waals surface area contributed by atoms with Crippen LogP contribution >= 0.6 is 0 Å². The van der Waals surface area contributed by atoms with Gasteiger partial charge in [-0.05, 0) is 31.0 Å². The maximum Gasteiger partial charge on any atom is 0.292 e. The van der Waals surface area contributed by atoms with Gasteiger partial charge in [-0.1, -0.05) is 43.7 Å². The molecule has 0 saturated carbocycles. The zero-order valence-corrected chi connectivity index (χ0v) is 16.8. The SMILES string of the molecule is Cc1ccc(C(=O)N[C@H](C(=O)NCCNc2ccccc2[N+](=O)[O-])C(C)C)cc1. The van der Waals surface area contributed by atoms with Crippen molar-refractivity contribution in [3.8, 4) is 0 Å². The van der Waals surface area contributed by atoms with Gasteiger partial charge in [0.15, 0.2) is 0 Å². The van der Waals surface area contributed by atoms with Crippen LogP contribution in [0.5, 0.6) is 0 Å². The first-order valence-electron chi connectivity index (χ1n) is 9.42. The molecule has 0 saturated heterocycles. The van der Waals surface area contributed by atoms with Crippen molar-refractivity contribution in [2.75, 3.05) is 18.4 Å². The quantitative estimate of drug-likeness (QED) is 0.341. The predicted molar refractivity (Wildman–Crippen MR) is 112 cm³/mol. The number of para-hydroxylation sites is 2. The summed E-state index contributed by atoms with van der Waals surface area (Å²) in [5, 5.41) is 19.5.